The van der Waals surface area contributed by atoms with Crippen LogP contribution in [0.15, 0.2) is 133 Å². The van der Waals surface area contributed by atoms with E-state index in [2.05, 4.69) is 25.9 Å². The van der Waals surface area contributed by atoms with Crippen molar-refractivity contribution in [2.45, 2.75) is 271 Å². The Morgan fingerprint density at radius 2 is 0.809 bits per heavy atom. The maximum absolute atomic E-state index is 16.3. The number of hydrogen-bond donors (Lipinski definition) is 5. The van der Waals surface area contributed by atoms with Gasteiger partial charge in [0.15, 0.2) is 49.1 Å². The molecule has 2 unspecified atom stereocenters. The highest BCUT2D eigenvalue weighted by Gasteiger charge is 2.55. The molecule has 16 atom stereocenters. The van der Waals surface area contributed by atoms with Crippen LogP contribution in [0.2, 0.25) is 0 Å². The zero-order valence-corrected chi connectivity index (χ0v) is 78.5. The molecule has 3 amide bonds. The van der Waals surface area contributed by atoms with Gasteiger partial charge in [0.05, 0.1) is 58.4 Å². The number of carbonyl (C=O) groups is 10. The number of alkyl carbamates (subject to hydrolysis) is 1. The van der Waals surface area contributed by atoms with Crippen molar-refractivity contribution in [2.24, 2.45) is 17.8 Å². The Morgan fingerprint density at radius 3 is 1.23 bits per heavy atom. The molecule has 6 aliphatic rings. The number of aromatic nitrogens is 4. The molecule has 6 saturated heterocycles. The van der Waals surface area contributed by atoms with Gasteiger partial charge >= 0.3 is 47.9 Å². The number of aromatic amines is 2. The number of esters is 7. The molecule has 5 N–H and O–H groups in total. The second kappa shape index (κ2) is 42.8. The fourth-order valence-corrected chi connectivity index (χ4v) is 20.7. The molecule has 10 heterocycles. The smallest absolute Gasteiger partial charge is 0.408 e. The SMILES string of the molecule is CC(=O)O[C@@H]1[C@H](OC(C)=O)[C@H](C)O[C@H](n2c(-c3[nH]c4cc(F)ccc4c3CC3CCCN3)c(C[C@@H]3CCCN3)c3ccc(F)cc32)[C@H]1OC(C)=O.CC(=O)O[C@@H]1[C@H](OC(C)=O)[C@H](C)O[C@H](n2c(-c3[nH]c4cc(F)ccc4c3CC3CCCN3C(=O)[C@@H](CC(=O)OCc3ccccc3)C(C)C)c(C[C@@H]3CCCN3C(=O)[C@@H](NC(=O)OCc3ccccc3)C(C)C)c3ccc(F)cc32)[C@H]1OC(C)=O. The molecule has 0 bridgehead atoms. The van der Waals surface area contributed by atoms with Crippen molar-refractivity contribution in [1.82, 2.24) is 44.9 Å². The van der Waals surface area contributed by atoms with Crippen molar-refractivity contribution in [2.75, 3.05) is 26.2 Å². The van der Waals surface area contributed by atoms with Crippen LogP contribution in [0.3, 0.4) is 0 Å². The Kier molecular flexibility index (Phi) is 30.9. The Morgan fingerprint density at radius 1 is 0.426 bits per heavy atom. The van der Waals surface area contributed by atoms with E-state index in [-0.39, 0.29) is 79.5 Å². The summed E-state index contributed by atoms with van der Waals surface area (Å²) in [4.78, 5) is 144. The average molecular weight is 1880 g/mol. The Balaban J connectivity index is 0.000000234. The van der Waals surface area contributed by atoms with E-state index in [1.165, 1.54) is 76.2 Å². The first-order valence-electron chi connectivity index (χ1n) is 47.0. The minimum absolute atomic E-state index is 0.0127. The number of rotatable bonds is 29. The van der Waals surface area contributed by atoms with E-state index in [1.54, 1.807) is 47.6 Å². The van der Waals surface area contributed by atoms with Crippen molar-refractivity contribution >= 4 is 103 Å². The highest BCUT2D eigenvalue weighted by atomic mass is 19.1. The lowest BCUT2D eigenvalue weighted by Gasteiger charge is -2.44. The van der Waals surface area contributed by atoms with E-state index in [9.17, 15) is 47.5 Å². The number of H-pyrrole nitrogens is 2. The maximum Gasteiger partial charge on any atom is 0.408 e. The molecule has 0 saturated carbocycles. The summed E-state index contributed by atoms with van der Waals surface area (Å²) in [7, 11) is 0. The summed E-state index contributed by atoms with van der Waals surface area (Å²) in [5.74, 6) is -8.84. The van der Waals surface area contributed by atoms with Gasteiger partial charge < -0.3 is 92.2 Å². The number of nitrogens with one attached hydrogen (secondary N) is 5. The number of fused-ring (bicyclic) bond motifs is 4. The first-order chi connectivity index (χ1) is 65.1. The molecular formula is C103H119F4N9O20. The largest absolute Gasteiger partial charge is 0.461 e. The normalized spacial score (nSPS) is 23.2. The molecule has 6 aliphatic heterocycles. The number of hydrogen-bond acceptors (Lipinski definition) is 22. The number of halogens is 4. The number of amides is 3. The van der Waals surface area contributed by atoms with E-state index < -0.39 is 151 Å². The molecule has 16 rings (SSSR count). The fraction of sp³-hybridized carbons (Fsp3) is 0.476. The number of benzene rings is 6. The van der Waals surface area contributed by atoms with Crippen LogP contribution in [0.25, 0.3) is 66.4 Å². The van der Waals surface area contributed by atoms with Gasteiger partial charge in [0.2, 0.25) is 11.8 Å². The molecule has 4 aromatic heterocycles. The van der Waals surface area contributed by atoms with Crippen molar-refractivity contribution in [3.05, 3.63) is 190 Å². The quantitative estimate of drug-likeness (QED) is 0.0165. The summed E-state index contributed by atoms with van der Waals surface area (Å²) < 4.78 is 125. The van der Waals surface area contributed by atoms with Crippen LogP contribution in [-0.2, 0) is 129 Å². The summed E-state index contributed by atoms with van der Waals surface area (Å²) in [5, 5.41) is 12.7. The van der Waals surface area contributed by atoms with Gasteiger partial charge in [-0.2, -0.15) is 0 Å². The van der Waals surface area contributed by atoms with E-state index in [1.807, 2.05) is 97.8 Å². The Labute approximate surface area is 785 Å². The van der Waals surface area contributed by atoms with E-state index >= 15 is 18.0 Å². The second-order valence-corrected chi connectivity index (χ2v) is 37.1. The molecule has 0 spiro atoms. The maximum atomic E-state index is 16.3. The van der Waals surface area contributed by atoms with E-state index in [0.29, 0.717) is 113 Å². The van der Waals surface area contributed by atoms with E-state index in [0.717, 1.165) is 85.6 Å². The number of carbonyl (C=O) groups excluding carboxylic acids is 10. The predicted molar refractivity (Wildman–Crippen MR) is 495 cm³/mol. The summed E-state index contributed by atoms with van der Waals surface area (Å²) in [6.07, 6.45) is -5.69. The van der Waals surface area contributed by atoms with Crippen LogP contribution in [0, 0.1) is 41.0 Å². The molecule has 10 aromatic rings. The lowest BCUT2D eigenvalue weighted by molar-refractivity contribution is -0.258. The lowest BCUT2D eigenvalue weighted by Crippen LogP contribution is -2.58. The summed E-state index contributed by atoms with van der Waals surface area (Å²) >= 11 is 0. The Bertz CT molecular complexity index is 6080. The molecule has 33 heteroatoms. The van der Waals surface area contributed by atoms with Gasteiger partial charge in [-0.15, -0.1) is 0 Å². The molecule has 724 valence electrons. The zero-order chi connectivity index (χ0) is 96.8. The first-order valence-corrected chi connectivity index (χ1v) is 47.0. The van der Waals surface area contributed by atoms with Crippen LogP contribution >= 0.6 is 0 Å². The predicted octanol–water partition coefficient (Wildman–Crippen LogP) is 15.6. The Hall–Kier alpha value is -12.5. The third kappa shape index (κ3) is 22.0. The minimum atomic E-state index is -1.56. The lowest BCUT2D eigenvalue weighted by atomic mass is 9.90. The van der Waals surface area contributed by atoms with Crippen LogP contribution < -0.4 is 16.0 Å². The summed E-state index contributed by atoms with van der Waals surface area (Å²) in [5.41, 5.74) is 8.45. The third-order valence-electron chi connectivity index (χ3n) is 26.8. The van der Waals surface area contributed by atoms with Gasteiger partial charge in [0.1, 0.15) is 42.5 Å². The molecule has 136 heavy (non-hydrogen) atoms. The highest BCUT2D eigenvalue weighted by molar-refractivity contribution is 5.99. The molecule has 29 nitrogen and oxygen atoms in total. The number of nitrogens with zero attached hydrogens (tertiary/aromatic N) is 4. The average Bonchev–Trinajstić information content (AvgIpc) is 1.56. The van der Waals surface area contributed by atoms with Crippen molar-refractivity contribution in [3.8, 4) is 22.8 Å². The molecule has 6 fully saturated rings. The summed E-state index contributed by atoms with van der Waals surface area (Å²) in [6.45, 7) is 20.4. The highest BCUT2D eigenvalue weighted by Crippen LogP contribution is 2.50. The van der Waals surface area contributed by atoms with Gasteiger partial charge in [-0.25, -0.2) is 22.4 Å². The topological polar surface area (TPSA) is 347 Å². The monoisotopic (exact) mass is 1880 g/mol. The van der Waals surface area contributed by atoms with Gasteiger partial charge in [0.25, 0.3) is 0 Å². The number of likely N-dealkylation sites (tertiary alicyclic amines) is 2. The molecule has 0 aliphatic carbocycles. The van der Waals surface area contributed by atoms with Crippen molar-refractivity contribution < 1.29 is 113 Å². The van der Waals surface area contributed by atoms with Crippen LogP contribution in [0.1, 0.15) is 187 Å². The minimum Gasteiger partial charge on any atom is -0.461 e. The standard InChI is InChI=1S/C65H75F2N5O13.C38H44F2N4O7/c1-36(2)50(33-55(76)80-34-42-17-11-9-12-18-42)62(77)70-27-15-21-46(70)31-51-48-25-23-44(66)29-53(48)68-57(51)58-52(32-47-22-16-28-71(47)63(78)56(37(3)4)69-65(79)81-35-43-19-13-10-14-20-43)49-26-24-45(67)30-54(49)72(58)64-61(85-41(8)75)60(84-40(7)74)59(38(5)82-64)83-39(6)73;1-19-35(49-20(2)45)36(50-21(3)46)37(51-22(4)47)38(48-19)44-32-16-24(40)10-12-28(32)30(18-26-8-6-14-42-26)34(44)33-29(17-25-7-5-13-41-25)27-11-9-23(39)15-31(27)43-33/h9-14,17-20,23-26,29-30,36-38,46-47,50,56,59-61,64,68H,15-16,21-22,27-28,31-35H2,1-8H3,(H,69,79);9-12,15-16,19,25-26,35-38,41-43H,5-8,13-14,17-18H2,1-4H3/t38-,46?,47-,50-,56-,59+,60+,61-,64-;19-,25?,26-,35+,36+,37-,38-/m00/s1. The molecular weight excluding hydrogens is 1760 g/mol. The van der Waals surface area contributed by atoms with Crippen LogP contribution in [0.5, 0.6) is 0 Å². The van der Waals surface area contributed by atoms with Crippen LogP contribution in [0.4, 0.5) is 22.4 Å². The van der Waals surface area contributed by atoms with Crippen molar-refractivity contribution in [1.29, 1.82) is 0 Å². The third-order valence-corrected chi connectivity index (χ3v) is 26.8. The van der Waals surface area contributed by atoms with E-state index in [4.69, 9.17) is 47.4 Å². The molecule has 6 aromatic carbocycles. The van der Waals surface area contributed by atoms with Gasteiger partial charge in [-0.1, -0.05) is 88.4 Å². The summed E-state index contributed by atoms with van der Waals surface area (Å²) in [6, 6.07) is 34.6. The zero-order valence-electron chi connectivity index (χ0n) is 78.5. The fourth-order valence-electron chi connectivity index (χ4n) is 20.7. The second-order valence-electron chi connectivity index (χ2n) is 37.1. The van der Waals surface area contributed by atoms with Gasteiger partial charge in [0, 0.05) is 111 Å². The van der Waals surface area contributed by atoms with Gasteiger partial charge in [-0.05, 0) is 222 Å². The van der Waals surface area contributed by atoms with Gasteiger partial charge in [-0.3, -0.25) is 43.2 Å². The first kappa shape index (κ1) is 98.1. The molecule has 0 radical (unpaired) electrons. The van der Waals surface area contributed by atoms with Crippen LogP contribution in [-0.4, -0.2) is 194 Å². The van der Waals surface area contributed by atoms with Crippen molar-refractivity contribution in [3.63, 3.8) is 0 Å². The number of ether oxygens (including phenoxy) is 10.